The molecular weight excluding hydrogens is 292 g/mol. The highest BCUT2D eigenvalue weighted by Gasteiger charge is 2.15. The molecule has 0 radical (unpaired) electrons. The van der Waals surface area contributed by atoms with E-state index < -0.39 is 0 Å². The number of nitrogens with zero attached hydrogens (tertiary/aromatic N) is 1. The molecule has 2 aromatic rings. The molecule has 0 saturated carbocycles. The third-order valence-corrected chi connectivity index (χ3v) is 3.35. The summed E-state index contributed by atoms with van der Waals surface area (Å²) in [6.45, 7) is 12.9. The fourth-order valence-electron chi connectivity index (χ4n) is 2.02. The molecule has 0 spiro atoms. The Balaban J connectivity index is 0.000000243. The summed E-state index contributed by atoms with van der Waals surface area (Å²) >= 11 is 0. The molecule has 0 amide bonds. The van der Waals surface area contributed by atoms with Crippen molar-refractivity contribution in [3.63, 3.8) is 0 Å². The van der Waals surface area contributed by atoms with Crippen molar-refractivity contribution in [2.75, 3.05) is 0 Å². The summed E-state index contributed by atoms with van der Waals surface area (Å²) in [4.78, 5) is 4.32. The maximum atomic E-state index is 5.83. The van der Waals surface area contributed by atoms with E-state index in [4.69, 9.17) is 5.73 Å². The largest absolute Gasteiger partial charge is 0.387 e. The summed E-state index contributed by atoms with van der Waals surface area (Å²) in [6.07, 6.45) is 1.16. The maximum absolute atomic E-state index is 5.83. The monoisotopic (exact) mass is 324 g/mol. The van der Waals surface area contributed by atoms with Gasteiger partial charge in [0.25, 0.3) is 0 Å². The van der Waals surface area contributed by atoms with E-state index in [0.29, 0.717) is 11.3 Å². The fraction of sp³-hybridized carbons (Fsp3) is 0.409. The third-order valence-electron chi connectivity index (χ3n) is 3.35. The molecular formula is C22H32N2. The first-order valence-electron chi connectivity index (χ1n) is 8.51. The highest BCUT2D eigenvalue weighted by molar-refractivity contribution is 5.87. The van der Waals surface area contributed by atoms with Gasteiger partial charge in [-0.05, 0) is 29.5 Å². The van der Waals surface area contributed by atoms with Gasteiger partial charge in [0, 0.05) is 5.41 Å². The second kappa shape index (κ2) is 8.68. The molecule has 0 saturated heterocycles. The first-order chi connectivity index (χ1) is 11.1. The maximum Gasteiger partial charge on any atom is 0.105 e. The number of rotatable bonds is 2. The van der Waals surface area contributed by atoms with Crippen LogP contribution in [0.15, 0.2) is 65.7 Å². The second-order valence-corrected chi connectivity index (χ2v) is 8.31. The van der Waals surface area contributed by atoms with Gasteiger partial charge in [-0.3, -0.25) is 0 Å². The Bertz CT molecular complexity index is 615. The lowest BCUT2D eigenvalue weighted by Gasteiger charge is -2.17. The minimum absolute atomic E-state index is 0.0597. The molecule has 24 heavy (non-hydrogen) atoms. The van der Waals surface area contributed by atoms with Crippen molar-refractivity contribution in [1.29, 1.82) is 0 Å². The predicted molar refractivity (Wildman–Crippen MR) is 107 cm³/mol. The van der Waals surface area contributed by atoms with Gasteiger partial charge < -0.3 is 5.73 Å². The topological polar surface area (TPSA) is 38.4 Å². The van der Waals surface area contributed by atoms with Crippen molar-refractivity contribution < 1.29 is 0 Å². The third kappa shape index (κ3) is 8.52. The Morgan fingerprint density at radius 2 is 1.25 bits per heavy atom. The zero-order chi connectivity index (χ0) is 18.2. The summed E-state index contributed by atoms with van der Waals surface area (Å²) in [5.41, 5.74) is 8.52. The molecule has 0 unspecified atom stereocenters. The summed E-state index contributed by atoms with van der Waals surface area (Å²) in [7, 11) is 0. The number of nitrogens with two attached hydrogens (primary N) is 1. The smallest absolute Gasteiger partial charge is 0.105 e. The molecule has 2 heteroatoms. The Kier molecular flexibility index (Phi) is 7.21. The van der Waals surface area contributed by atoms with E-state index in [2.05, 4.69) is 76.9 Å². The Morgan fingerprint density at radius 1 is 0.792 bits per heavy atom. The number of para-hydroxylation sites is 1. The first-order valence-corrected chi connectivity index (χ1v) is 8.51. The number of amidine groups is 1. The van der Waals surface area contributed by atoms with Gasteiger partial charge in [0.2, 0.25) is 0 Å². The first kappa shape index (κ1) is 20.0. The minimum atomic E-state index is -0.0597. The van der Waals surface area contributed by atoms with E-state index in [-0.39, 0.29) is 5.41 Å². The lowest BCUT2D eigenvalue weighted by atomic mass is 9.88. The average Bonchev–Trinajstić information content (AvgIpc) is 2.47. The summed E-state index contributed by atoms with van der Waals surface area (Å²) < 4.78 is 0. The van der Waals surface area contributed by atoms with Crippen molar-refractivity contribution in [3.8, 4) is 0 Å². The van der Waals surface area contributed by atoms with Crippen LogP contribution in [0, 0.1) is 10.8 Å². The van der Waals surface area contributed by atoms with Gasteiger partial charge in [-0.15, -0.1) is 0 Å². The normalized spacial score (nSPS) is 12.3. The fourth-order valence-corrected chi connectivity index (χ4v) is 2.02. The van der Waals surface area contributed by atoms with Gasteiger partial charge >= 0.3 is 0 Å². The van der Waals surface area contributed by atoms with Gasteiger partial charge in [0.15, 0.2) is 0 Å². The minimum Gasteiger partial charge on any atom is -0.387 e. The molecule has 0 fully saturated rings. The highest BCUT2D eigenvalue weighted by atomic mass is 14.9. The van der Waals surface area contributed by atoms with Crippen LogP contribution < -0.4 is 5.73 Å². The van der Waals surface area contributed by atoms with Crippen molar-refractivity contribution in [3.05, 3.63) is 66.2 Å². The molecule has 2 rings (SSSR count). The van der Waals surface area contributed by atoms with Crippen LogP contribution in [0.25, 0.3) is 0 Å². The molecule has 0 heterocycles. The van der Waals surface area contributed by atoms with Crippen LogP contribution >= 0.6 is 0 Å². The van der Waals surface area contributed by atoms with Gasteiger partial charge in [0.1, 0.15) is 5.84 Å². The molecule has 2 nitrogen and oxygen atoms in total. The van der Waals surface area contributed by atoms with Crippen LogP contribution in [0.1, 0.15) is 47.1 Å². The second-order valence-electron chi connectivity index (χ2n) is 8.31. The average molecular weight is 325 g/mol. The van der Waals surface area contributed by atoms with Gasteiger partial charge in [-0.25, -0.2) is 4.99 Å². The van der Waals surface area contributed by atoms with E-state index in [0.717, 1.165) is 12.1 Å². The van der Waals surface area contributed by atoms with E-state index in [1.165, 1.54) is 5.56 Å². The zero-order valence-electron chi connectivity index (χ0n) is 16.0. The van der Waals surface area contributed by atoms with Crippen LogP contribution in [0.4, 0.5) is 5.69 Å². The summed E-state index contributed by atoms with van der Waals surface area (Å²) in [5, 5.41) is 0. The Labute approximate surface area is 147 Å². The molecule has 0 aliphatic carbocycles. The summed E-state index contributed by atoms with van der Waals surface area (Å²) in [6, 6.07) is 20.4. The molecule has 0 aliphatic rings. The molecule has 130 valence electrons. The highest BCUT2D eigenvalue weighted by Crippen LogP contribution is 2.20. The molecule has 0 aliphatic heterocycles. The van der Waals surface area contributed by atoms with Gasteiger partial charge in [-0.1, -0.05) is 90.1 Å². The lowest BCUT2D eigenvalue weighted by Crippen LogP contribution is -2.28. The number of hydrogen-bond donors (Lipinski definition) is 1. The van der Waals surface area contributed by atoms with Crippen LogP contribution in [0.2, 0.25) is 0 Å². The van der Waals surface area contributed by atoms with Gasteiger partial charge in [-0.2, -0.15) is 0 Å². The van der Waals surface area contributed by atoms with Crippen molar-refractivity contribution in [1.82, 2.24) is 0 Å². The van der Waals surface area contributed by atoms with Crippen molar-refractivity contribution >= 4 is 11.5 Å². The van der Waals surface area contributed by atoms with Crippen molar-refractivity contribution in [2.45, 2.75) is 48.0 Å². The van der Waals surface area contributed by atoms with Crippen LogP contribution in [0.3, 0.4) is 0 Å². The van der Waals surface area contributed by atoms with Crippen molar-refractivity contribution in [2.24, 2.45) is 21.6 Å². The molecule has 0 aromatic heterocycles. The summed E-state index contributed by atoms with van der Waals surface area (Å²) in [5.74, 6) is 0.665. The molecule has 0 bridgehead atoms. The Hall–Kier alpha value is -2.09. The van der Waals surface area contributed by atoms with E-state index in [1.807, 2.05) is 30.3 Å². The van der Waals surface area contributed by atoms with Crippen LogP contribution in [0.5, 0.6) is 0 Å². The van der Waals surface area contributed by atoms with Crippen LogP contribution in [-0.2, 0) is 6.42 Å². The van der Waals surface area contributed by atoms with Gasteiger partial charge in [0.05, 0.1) is 5.69 Å². The quantitative estimate of drug-likeness (QED) is 0.534. The molecule has 2 aromatic carbocycles. The Morgan fingerprint density at radius 3 is 1.67 bits per heavy atom. The molecule has 0 atom stereocenters. The SMILES string of the molecule is CC(C)(C)C(N)=Nc1ccccc1.CC(C)(C)Cc1ccccc1. The lowest BCUT2D eigenvalue weighted by molar-refractivity contribution is 0.411. The predicted octanol–water partition coefficient (Wildman–Crippen LogP) is 6.00. The van der Waals surface area contributed by atoms with Crippen LogP contribution in [-0.4, -0.2) is 5.84 Å². The standard InChI is InChI=1S/C11H16N2.C11H16/c1-11(2,3)10(12)13-9-7-5-4-6-8-9;1-11(2,3)9-10-7-5-4-6-8-10/h4-8H,1-3H3,(H2,12,13);4-8H,9H2,1-3H3. The van der Waals surface area contributed by atoms with E-state index in [9.17, 15) is 0 Å². The number of benzene rings is 2. The zero-order valence-corrected chi connectivity index (χ0v) is 16.0. The van der Waals surface area contributed by atoms with E-state index >= 15 is 0 Å². The van der Waals surface area contributed by atoms with E-state index in [1.54, 1.807) is 0 Å². The number of aliphatic imine (C=N–C) groups is 1. The number of hydrogen-bond acceptors (Lipinski definition) is 1. The molecule has 2 N–H and O–H groups in total.